The van der Waals surface area contributed by atoms with Gasteiger partial charge in [-0.15, -0.1) is 0 Å². The molecule has 1 aliphatic rings. The largest absolute Gasteiger partial charge is 0.345 e. The van der Waals surface area contributed by atoms with Gasteiger partial charge in [-0.1, -0.05) is 0 Å². The first kappa shape index (κ1) is 8.89. The minimum absolute atomic E-state index is 0.177. The van der Waals surface area contributed by atoms with E-state index in [0.29, 0.717) is 0 Å². The molecule has 2 heterocycles. The first-order valence-corrected chi connectivity index (χ1v) is 4.32. The highest BCUT2D eigenvalue weighted by Gasteiger charge is 2.19. The summed E-state index contributed by atoms with van der Waals surface area (Å²) in [7, 11) is 0. The predicted octanol–water partition coefficient (Wildman–Crippen LogP) is -1.53. The van der Waals surface area contributed by atoms with Crippen LogP contribution >= 0.6 is 0 Å². The van der Waals surface area contributed by atoms with E-state index in [-0.39, 0.29) is 23.2 Å². The number of hydrogen-bond acceptors (Lipinski definition) is 4. The topological polar surface area (TPSA) is 86.9 Å². The van der Waals surface area contributed by atoms with Gasteiger partial charge in [0.25, 0.3) is 11.5 Å². The van der Waals surface area contributed by atoms with Crippen LogP contribution in [0.5, 0.6) is 0 Å². The van der Waals surface area contributed by atoms with Gasteiger partial charge in [0, 0.05) is 19.3 Å². The lowest BCUT2D eigenvalue weighted by Crippen LogP contribution is -2.57. The van der Waals surface area contributed by atoms with E-state index in [1.54, 1.807) is 0 Å². The van der Waals surface area contributed by atoms with Gasteiger partial charge in [0.1, 0.15) is 5.69 Å². The van der Waals surface area contributed by atoms with Crippen LogP contribution < -0.4 is 16.2 Å². The highest BCUT2D eigenvalue weighted by molar-refractivity contribution is 5.92. The lowest BCUT2D eigenvalue weighted by atomic mass is 10.2. The number of rotatable bonds is 2. The molecule has 1 aromatic rings. The average molecular weight is 194 g/mol. The van der Waals surface area contributed by atoms with E-state index in [9.17, 15) is 9.59 Å². The molecule has 1 fully saturated rings. The summed E-state index contributed by atoms with van der Waals surface area (Å²) in [6.07, 6.45) is 2.40. The maximum Gasteiger partial charge on any atom is 0.271 e. The molecule has 74 valence electrons. The van der Waals surface area contributed by atoms with Crippen LogP contribution in [0.15, 0.2) is 17.2 Å². The first-order valence-electron chi connectivity index (χ1n) is 4.32. The Bertz CT molecular complexity index is 376. The zero-order valence-corrected chi connectivity index (χ0v) is 7.41. The van der Waals surface area contributed by atoms with Crippen molar-refractivity contribution in [3.63, 3.8) is 0 Å². The van der Waals surface area contributed by atoms with E-state index in [0.717, 1.165) is 19.3 Å². The number of carbonyl (C=O) groups is 1. The van der Waals surface area contributed by atoms with Crippen LogP contribution in [0, 0.1) is 0 Å². The molecule has 0 saturated carbocycles. The molecule has 2 rings (SSSR count). The minimum atomic E-state index is -0.313. The van der Waals surface area contributed by atoms with E-state index in [4.69, 9.17) is 0 Å². The Hall–Kier alpha value is -1.69. The van der Waals surface area contributed by atoms with E-state index < -0.39 is 0 Å². The number of H-pyrrole nitrogens is 1. The van der Waals surface area contributed by atoms with E-state index in [2.05, 4.69) is 20.6 Å². The van der Waals surface area contributed by atoms with Gasteiger partial charge in [-0.05, 0) is 0 Å². The van der Waals surface area contributed by atoms with Crippen LogP contribution in [0.1, 0.15) is 10.5 Å². The van der Waals surface area contributed by atoms with Crippen LogP contribution in [0.2, 0.25) is 0 Å². The summed E-state index contributed by atoms with van der Waals surface area (Å²) in [5.74, 6) is -0.257. The predicted molar refractivity (Wildman–Crippen MR) is 49.0 cm³/mol. The van der Waals surface area contributed by atoms with E-state index in [1.807, 2.05) is 0 Å². The molecular formula is C8H10N4O2. The van der Waals surface area contributed by atoms with Crippen LogP contribution in [0.4, 0.5) is 0 Å². The molecule has 1 aliphatic heterocycles. The molecule has 0 spiro atoms. The second kappa shape index (κ2) is 3.59. The molecule has 6 nitrogen and oxygen atoms in total. The number of aromatic amines is 1. The molecule has 1 saturated heterocycles. The number of amides is 1. The molecule has 0 radical (unpaired) electrons. The summed E-state index contributed by atoms with van der Waals surface area (Å²) >= 11 is 0. The fourth-order valence-electron chi connectivity index (χ4n) is 1.12. The van der Waals surface area contributed by atoms with Gasteiger partial charge < -0.3 is 15.6 Å². The Labute approximate surface area is 79.7 Å². The molecule has 0 atom stereocenters. The Balaban J connectivity index is 2.03. The highest BCUT2D eigenvalue weighted by atomic mass is 16.2. The fourth-order valence-corrected chi connectivity index (χ4v) is 1.12. The lowest BCUT2D eigenvalue weighted by Gasteiger charge is -2.27. The minimum Gasteiger partial charge on any atom is -0.345 e. The second-order valence-corrected chi connectivity index (χ2v) is 3.12. The maximum absolute atomic E-state index is 11.4. The van der Waals surface area contributed by atoms with E-state index >= 15 is 0 Å². The summed E-state index contributed by atoms with van der Waals surface area (Å²) in [6, 6.07) is 0.177. The average Bonchev–Trinajstić information content (AvgIpc) is 2.12. The van der Waals surface area contributed by atoms with Crippen molar-refractivity contribution in [2.75, 3.05) is 13.1 Å². The molecule has 0 unspecified atom stereocenters. The normalized spacial score (nSPS) is 16.0. The zero-order valence-electron chi connectivity index (χ0n) is 7.41. The van der Waals surface area contributed by atoms with Crippen LogP contribution in [0.3, 0.4) is 0 Å². The molecule has 0 aromatic carbocycles. The second-order valence-electron chi connectivity index (χ2n) is 3.12. The molecular weight excluding hydrogens is 184 g/mol. The van der Waals surface area contributed by atoms with Crippen molar-refractivity contribution in [3.05, 3.63) is 28.4 Å². The zero-order chi connectivity index (χ0) is 9.97. The number of hydrogen-bond donors (Lipinski definition) is 3. The van der Waals surface area contributed by atoms with Gasteiger partial charge in [-0.25, -0.2) is 4.98 Å². The summed E-state index contributed by atoms with van der Waals surface area (Å²) in [5, 5.41) is 5.80. The molecule has 14 heavy (non-hydrogen) atoms. The summed E-state index contributed by atoms with van der Waals surface area (Å²) in [4.78, 5) is 28.2. The first-order chi connectivity index (χ1) is 6.75. The number of nitrogens with zero attached hydrogens (tertiary/aromatic N) is 1. The van der Waals surface area contributed by atoms with Crippen molar-refractivity contribution >= 4 is 5.91 Å². The lowest BCUT2D eigenvalue weighted by molar-refractivity contribution is 0.0918. The van der Waals surface area contributed by atoms with Crippen molar-refractivity contribution in [1.82, 2.24) is 20.6 Å². The van der Waals surface area contributed by atoms with Crippen molar-refractivity contribution in [2.45, 2.75) is 6.04 Å². The van der Waals surface area contributed by atoms with Gasteiger partial charge in [0.2, 0.25) is 0 Å². The van der Waals surface area contributed by atoms with Gasteiger partial charge in [-0.2, -0.15) is 0 Å². The number of nitrogens with one attached hydrogen (secondary N) is 3. The maximum atomic E-state index is 11.4. The SMILES string of the molecule is O=C(NC1CNC1)c1c[nH]c(=O)cn1. The highest BCUT2D eigenvalue weighted by Crippen LogP contribution is 1.94. The fraction of sp³-hybridized carbons (Fsp3) is 0.375. The third kappa shape index (κ3) is 1.80. The Morgan fingerprint density at radius 2 is 2.36 bits per heavy atom. The number of carbonyl (C=O) groups excluding carboxylic acids is 1. The summed E-state index contributed by atoms with van der Waals surface area (Å²) in [5.41, 5.74) is -0.0802. The van der Waals surface area contributed by atoms with Crippen LogP contribution in [-0.4, -0.2) is 35.0 Å². The van der Waals surface area contributed by atoms with Gasteiger partial charge in [0.15, 0.2) is 0 Å². The molecule has 3 N–H and O–H groups in total. The molecule has 0 bridgehead atoms. The smallest absolute Gasteiger partial charge is 0.271 e. The van der Waals surface area contributed by atoms with Crippen LogP contribution in [-0.2, 0) is 0 Å². The van der Waals surface area contributed by atoms with Crippen molar-refractivity contribution < 1.29 is 4.79 Å². The summed E-state index contributed by atoms with van der Waals surface area (Å²) in [6.45, 7) is 1.57. The van der Waals surface area contributed by atoms with E-state index in [1.165, 1.54) is 6.20 Å². The summed E-state index contributed by atoms with van der Waals surface area (Å²) < 4.78 is 0. The van der Waals surface area contributed by atoms with Crippen molar-refractivity contribution in [1.29, 1.82) is 0 Å². The Morgan fingerprint density at radius 1 is 1.57 bits per heavy atom. The quantitative estimate of drug-likeness (QED) is 0.533. The number of aromatic nitrogens is 2. The van der Waals surface area contributed by atoms with Crippen LogP contribution in [0.25, 0.3) is 0 Å². The Kier molecular flexibility index (Phi) is 2.28. The van der Waals surface area contributed by atoms with Gasteiger partial charge >= 0.3 is 0 Å². The van der Waals surface area contributed by atoms with Crippen molar-refractivity contribution in [3.8, 4) is 0 Å². The standard InChI is InChI=1S/C8H10N4O2/c13-7-4-10-6(3-11-7)8(14)12-5-1-9-2-5/h3-5,9H,1-2H2,(H,11,13)(H,12,14). The molecule has 0 aliphatic carbocycles. The third-order valence-electron chi connectivity index (χ3n) is 2.02. The monoisotopic (exact) mass is 194 g/mol. The molecule has 6 heteroatoms. The third-order valence-corrected chi connectivity index (χ3v) is 2.02. The molecule has 1 amide bonds. The van der Waals surface area contributed by atoms with Gasteiger partial charge in [0.05, 0.1) is 12.2 Å². The van der Waals surface area contributed by atoms with Gasteiger partial charge in [-0.3, -0.25) is 9.59 Å². The van der Waals surface area contributed by atoms with Crippen molar-refractivity contribution in [2.24, 2.45) is 0 Å². The molecule has 1 aromatic heterocycles. The Morgan fingerprint density at radius 3 is 2.86 bits per heavy atom.